The predicted octanol–water partition coefficient (Wildman–Crippen LogP) is 0.485. The van der Waals surface area contributed by atoms with E-state index in [2.05, 4.69) is 6.58 Å². The van der Waals surface area contributed by atoms with Crippen LogP contribution in [0.3, 0.4) is 0 Å². The van der Waals surface area contributed by atoms with Gasteiger partial charge in [0.05, 0.1) is 25.6 Å². The number of quaternary nitrogens is 1. The maximum Gasteiger partial charge on any atom is 0.402 e. The third-order valence-corrected chi connectivity index (χ3v) is 4.22. The molecule has 0 aliphatic heterocycles. The molecular weight excluding hydrogens is 298 g/mol. The Morgan fingerprint density at radius 2 is 1.86 bits per heavy atom. The molecule has 0 spiro atoms. The number of carboxylic acids is 1. The first-order valence-corrected chi connectivity index (χ1v) is 8.39. The summed E-state index contributed by atoms with van der Waals surface area (Å²) in [6.07, 6.45) is 0.0978. The smallest absolute Gasteiger partial charge is 0.402 e. The van der Waals surface area contributed by atoms with E-state index in [9.17, 15) is 18.3 Å². The van der Waals surface area contributed by atoms with Gasteiger partial charge in [-0.1, -0.05) is 13.5 Å². The number of nitrogens with zero attached hydrogens (tertiary/aromatic N) is 1. The molecule has 1 N–H and O–H groups in total. The second kappa shape index (κ2) is 8.47. The normalized spacial score (nSPS) is 13.9. The maximum atomic E-state index is 11.1. The molecule has 124 valence electrons. The molecule has 0 saturated heterocycles. The Morgan fingerprint density at radius 3 is 2.19 bits per heavy atom. The molecule has 0 amide bonds. The zero-order chi connectivity index (χ0) is 16.7. The molecule has 0 saturated carbocycles. The molecule has 0 aliphatic rings. The van der Waals surface area contributed by atoms with Gasteiger partial charge in [0.2, 0.25) is 6.23 Å². The number of hydrogen-bond acceptors (Lipinski definition) is 5. The average Bonchev–Trinajstić information content (AvgIpc) is 2.39. The number of rotatable bonds is 11. The SMILES string of the molecule is C=C(CCC(OS(=O)(=O)O)[N+](CC)(CC)CCC)C(=O)[O-]. The van der Waals surface area contributed by atoms with E-state index in [-0.39, 0.29) is 18.4 Å². The summed E-state index contributed by atoms with van der Waals surface area (Å²) in [4.78, 5) is 10.7. The number of hydrogen-bond donors (Lipinski definition) is 1. The average molecular weight is 323 g/mol. The van der Waals surface area contributed by atoms with Gasteiger partial charge in [-0.05, 0) is 32.3 Å². The van der Waals surface area contributed by atoms with Crippen LogP contribution in [0.2, 0.25) is 0 Å². The lowest BCUT2D eigenvalue weighted by atomic mass is 10.1. The van der Waals surface area contributed by atoms with E-state index >= 15 is 0 Å². The first-order chi connectivity index (χ1) is 9.61. The molecule has 0 aromatic heterocycles. The lowest BCUT2D eigenvalue weighted by Crippen LogP contribution is -2.57. The highest BCUT2D eigenvalue weighted by molar-refractivity contribution is 7.80. The largest absolute Gasteiger partial charge is 0.545 e. The van der Waals surface area contributed by atoms with Crippen molar-refractivity contribution in [3.63, 3.8) is 0 Å². The molecule has 8 heteroatoms. The van der Waals surface area contributed by atoms with Gasteiger partial charge in [0, 0.05) is 6.42 Å². The van der Waals surface area contributed by atoms with Gasteiger partial charge in [-0.3, -0.25) is 9.04 Å². The van der Waals surface area contributed by atoms with Crippen LogP contribution in [0.4, 0.5) is 0 Å². The summed E-state index contributed by atoms with van der Waals surface area (Å²) in [6.45, 7) is 11.0. The fourth-order valence-corrected chi connectivity index (χ4v) is 3.05. The standard InChI is InChI=1S/C13H25NO6S/c1-5-10-14(6-2,7-3)12(20-21(17,18)19)9-8-11(4)13(15)16/h12H,4-10H2,1-3H3,(H-,15,16,17,18,19). The maximum absolute atomic E-state index is 11.1. The van der Waals surface area contributed by atoms with E-state index in [0.29, 0.717) is 24.1 Å². The van der Waals surface area contributed by atoms with Gasteiger partial charge in [-0.2, -0.15) is 12.6 Å². The van der Waals surface area contributed by atoms with E-state index in [0.717, 1.165) is 6.42 Å². The molecule has 0 aliphatic carbocycles. The second-order valence-electron chi connectivity index (χ2n) is 4.98. The van der Waals surface area contributed by atoms with Gasteiger partial charge in [0.25, 0.3) is 0 Å². The Labute approximate surface area is 126 Å². The van der Waals surface area contributed by atoms with E-state index < -0.39 is 22.6 Å². The van der Waals surface area contributed by atoms with Crippen molar-refractivity contribution in [3.8, 4) is 0 Å². The van der Waals surface area contributed by atoms with Crippen molar-refractivity contribution in [2.75, 3.05) is 19.6 Å². The van der Waals surface area contributed by atoms with Gasteiger partial charge in [0.15, 0.2) is 0 Å². The number of carbonyl (C=O) groups is 1. The second-order valence-corrected chi connectivity index (χ2v) is 6.03. The van der Waals surface area contributed by atoms with Crippen LogP contribution in [0.25, 0.3) is 0 Å². The summed E-state index contributed by atoms with van der Waals surface area (Å²) < 4.78 is 36.3. The van der Waals surface area contributed by atoms with Crippen LogP contribution < -0.4 is 5.11 Å². The summed E-state index contributed by atoms with van der Waals surface area (Å²) in [5.41, 5.74) is -0.124. The summed E-state index contributed by atoms with van der Waals surface area (Å²) in [7, 11) is -4.62. The van der Waals surface area contributed by atoms with Gasteiger partial charge < -0.3 is 9.90 Å². The Morgan fingerprint density at radius 1 is 1.33 bits per heavy atom. The monoisotopic (exact) mass is 323 g/mol. The van der Waals surface area contributed by atoms with Crippen molar-refractivity contribution in [2.45, 2.75) is 46.3 Å². The van der Waals surface area contributed by atoms with E-state index in [1.54, 1.807) is 0 Å². The molecule has 0 radical (unpaired) electrons. The van der Waals surface area contributed by atoms with Crippen LogP contribution in [0.1, 0.15) is 40.0 Å². The van der Waals surface area contributed by atoms with Crippen molar-refractivity contribution >= 4 is 16.4 Å². The minimum atomic E-state index is -4.62. The predicted molar refractivity (Wildman–Crippen MR) is 76.3 cm³/mol. The molecule has 0 fully saturated rings. The third-order valence-electron chi connectivity index (χ3n) is 3.75. The molecule has 1 atom stereocenters. The zero-order valence-corrected chi connectivity index (χ0v) is 13.7. The van der Waals surface area contributed by atoms with Crippen LogP contribution in [-0.2, 0) is 19.4 Å². The van der Waals surface area contributed by atoms with Crippen LogP contribution in [-0.4, -0.2) is 49.3 Å². The van der Waals surface area contributed by atoms with Crippen LogP contribution in [0.15, 0.2) is 12.2 Å². The molecule has 0 aromatic rings. The summed E-state index contributed by atoms with van der Waals surface area (Å²) in [6, 6.07) is 0. The van der Waals surface area contributed by atoms with Crippen molar-refractivity contribution in [2.24, 2.45) is 0 Å². The number of aliphatic carboxylic acids is 1. The molecule has 1 unspecified atom stereocenters. The highest BCUT2D eigenvalue weighted by Gasteiger charge is 2.37. The Bertz CT molecular complexity index is 455. The molecule has 0 aromatic carbocycles. The fourth-order valence-electron chi connectivity index (χ4n) is 2.49. The zero-order valence-electron chi connectivity index (χ0n) is 12.9. The first kappa shape index (κ1) is 20.0. The minimum absolute atomic E-state index is 0.0340. The quantitative estimate of drug-likeness (QED) is 0.257. The first-order valence-electron chi connectivity index (χ1n) is 7.02. The van der Waals surface area contributed by atoms with E-state index in [4.69, 9.17) is 8.74 Å². The highest BCUT2D eigenvalue weighted by atomic mass is 32.3. The lowest BCUT2D eigenvalue weighted by Gasteiger charge is -2.42. The Hall–Kier alpha value is -0.960. The van der Waals surface area contributed by atoms with Crippen LogP contribution >= 0.6 is 0 Å². The van der Waals surface area contributed by atoms with Gasteiger partial charge in [-0.25, -0.2) is 0 Å². The number of carbonyl (C=O) groups excluding carboxylic acids is 1. The summed E-state index contributed by atoms with van der Waals surface area (Å²) in [5, 5.41) is 10.7. The minimum Gasteiger partial charge on any atom is -0.545 e. The highest BCUT2D eigenvalue weighted by Crippen LogP contribution is 2.23. The lowest BCUT2D eigenvalue weighted by molar-refractivity contribution is -0.965. The van der Waals surface area contributed by atoms with Crippen LogP contribution in [0.5, 0.6) is 0 Å². The number of carboxylic acid groups (broad SMARTS) is 1. The van der Waals surface area contributed by atoms with Gasteiger partial charge >= 0.3 is 10.4 Å². The van der Waals surface area contributed by atoms with Crippen molar-refractivity contribution < 1.29 is 31.5 Å². The summed E-state index contributed by atoms with van der Waals surface area (Å²) >= 11 is 0. The van der Waals surface area contributed by atoms with Gasteiger partial charge in [-0.15, -0.1) is 0 Å². The fraction of sp³-hybridized carbons (Fsp3) is 0.769. The van der Waals surface area contributed by atoms with Crippen molar-refractivity contribution in [1.82, 2.24) is 0 Å². The Balaban J connectivity index is 5.27. The molecule has 21 heavy (non-hydrogen) atoms. The van der Waals surface area contributed by atoms with Crippen molar-refractivity contribution in [3.05, 3.63) is 12.2 Å². The van der Waals surface area contributed by atoms with Crippen molar-refractivity contribution in [1.29, 1.82) is 0 Å². The topological polar surface area (TPSA) is 104 Å². The van der Waals surface area contributed by atoms with E-state index in [1.165, 1.54) is 0 Å². The van der Waals surface area contributed by atoms with Gasteiger partial charge in [0.1, 0.15) is 0 Å². The van der Waals surface area contributed by atoms with E-state index in [1.807, 2.05) is 20.8 Å². The third kappa shape index (κ3) is 6.56. The summed E-state index contributed by atoms with van der Waals surface area (Å²) in [5.74, 6) is -1.37. The Kier molecular flexibility index (Phi) is 8.09. The molecule has 7 nitrogen and oxygen atoms in total. The molecule has 0 heterocycles. The molecular formula is C13H25NO6S. The molecule has 0 rings (SSSR count). The van der Waals surface area contributed by atoms with Crippen LogP contribution in [0, 0.1) is 0 Å². The molecule has 0 bridgehead atoms.